The summed E-state index contributed by atoms with van der Waals surface area (Å²) >= 11 is 0. The number of aromatic amines is 1. The van der Waals surface area contributed by atoms with E-state index in [9.17, 15) is 4.79 Å². The molecule has 8 heteroatoms. The largest absolute Gasteiger partial charge is 0.378 e. The van der Waals surface area contributed by atoms with E-state index < -0.39 is 0 Å². The van der Waals surface area contributed by atoms with Crippen LogP contribution in [-0.4, -0.2) is 62.3 Å². The predicted octanol–water partition coefficient (Wildman–Crippen LogP) is 2.26. The monoisotopic (exact) mass is 398 g/mol. The highest BCUT2D eigenvalue weighted by atomic mass is 16.5. The zero-order chi connectivity index (χ0) is 20.5. The highest BCUT2D eigenvalue weighted by Gasteiger charge is 2.18. The number of fused-ring (bicyclic) bond motifs is 1. The molecule has 1 saturated heterocycles. The highest BCUT2D eigenvalue weighted by Crippen LogP contribution is 2.25. The number of aromatic nitrogens is 5. The molecule has 1 N–H and O–H groups in total. The molecule has 0 aliphatic carbocycles. The van der Waals surface area contributed by atoms with Crippen LogP contribution in [-0.2, 0) is 4.74 Å². The van der Waals surface area contributed by atoms with Gasteiger partial charge in [-0.1, -0.05) is 11.1 Å². The first-order valence-electron chi connectivity index (χ1n) is 9.58. The van der Waals surface area contributed by atoms with E-state index in [2.05, 4.69) is 26.4 Å². The number of hydrogen-bond donors (Lipinski definition) is 1. The summed E-state index contributed by atoms with van der Waals surface area (Å²) in [6, 6.07) is 13.0. The Hall–Kier alpha value is -3.96. The molecule has 0 saturated carbocycles. The Morgan fingerprint density at radius 3 is 2.70 bits per heavy atom. The first-order chi connectivity index (χ1) is 14.7. The fourth-order valence-corrected chi connectivity index (χ4v) is 3.51. The van der Waals surface area contributed by atoms with Gasteiger partial charge in [-0.3, -0.25) is 9.89 Å². The Morgan fingerprint density at radius 1 is 1.13 bits per heavy atom. The van der Waals surface area contributed by atoms with Crippen molar-refractivity contribution in [3.63, 3.8) is 0 Å². The lowest BCUT2D eigenvalue weighted by atomic mass is 10.1. The lowest BCUT2D eigenvalue weighted by Gasteiger charge is -2.26. The maximum atomic E-state index is 12.6. The van der Waals surface area contributed by atoms with E-state index >= 15 is 0 Å². The number of rotatable bonds is 3. The van der Waals surface area contributed by atoms with Gasteiger partial charge in [-0.2, -0.15) is 5.10 Å². The molecule has 4 aromatic rings. The third-order valence-corrected chi connectivity index (χ3v) is 5.14. The lowest BCUT2D eigenvalue weighted by molar-refractivity contribution is 0.0303. The Labute approximate surface area is 172 Å². The minimum Gasteiger partial charge on any atom is -0.378 e. The summed E-state index contributed by atoms with van der Waals surface area (Å²) in [6.07, 6.45) is 7.27. The Balaban J connectivity index is 1.39. The molecule has 148 valence electrons. The molecule has 2 aromatic heterocycles. The van der Waals surface area contributed by atoms with Crippen LogP contribution in [0.3, 0.4) is 0 Å². The van der Waals surface area contributed by atoms with Gasteiger partial charge in [-0.05, 0) is 42.5 Å². The third kappa shape index (κ3) is 3.21. The van der Waals surface area contributed by atoms with Gasteiger partial charge in [0, 0.05) is 29.6 Å². The Bertz CT molecular complexity index is 1260. The van der Waals surface area contributed by atoms with Crippen LogP contribution < -0.4 is 0 Å². The number of terminal acetylenes is 1. The van der Waals surface area contributed by atoms with Crippen molar-refractivity contribution < 1.29 is 9.53 Å². The van der Waals surface area contributed by atoms with Crippen LogP contribution in [0.15, 0.2) is 48.7 Å². The number of amides is 1. The van der Waals surface area contributed by atoms with Gasteiger partial charge in [0.05, 0.1) is 30.6 Å². The number of nitrogens with one attached hydrogen (secondary N) is 1. The van der Waals surface area contributed by atoms with E-state index in [1.165, 1.54) is 0 Å². The van der Waals surface area contributed by atoms with Gasteiger partial charge in [0.15, 0.2) is 0 Å². The molecule has 1 amide bonds. The summed E-state index contributed by atoms with van der Waals surface area (Å²) in [5.74, 6) is 2.63. The average Bonchev–Trinajstić information content (AvgIpc) is 3.46. The second-order valence-electron chi connectivity index (χ2n) is 6.98. The average molecular weight is 398 g/mol. The minimum atomic E-state index is 0.0125. The van der Waals surface area contributed by atoms with Gasteiger partial charge >= 0.3 is 0 Å². The van der Waals surface area contributed by atoms with Crippen molar-refractivity contribution in [1.29, 1.82) is 0 Å². The van der Waals surface area contributed by atoms with Crippen molar-refractivity contribution in [2.24, 2.45) is 0 Å². The maximum absolute atomic E-state index is 12.6. The fraction of sp³-hybridized carbons (Fsp3) is 0.182. The highest BCUT2D eigenvalue weighted by molar-refractivity contribution is 5.94. The first kappa shape index (κ1) is 18.1. The quantitative estimate of drug-likeness (QED) is 0.535. The molecule has 0 atom stereocenters. The number of carbonyl (C=O) groups excluding carboxylic acids is 1. The number of benzene rings is 2. The van der Waals surface area contributed by atoms with Gasteiger partial charge in [0.25, 0.3) is 5.91 Å². The fourth-order valence-electron chi connectivity index (χ4n) is 3.51. The zero-order valence-electron chi connectivity index (χ0n) is 16.1. The molecule has 0 radical (unpaired) electrons. The van der Waals surface area contributed by atoms with Gasteiger partial charge in [0.2, 0.25) is 0 Å². The van der Waals surface area contributed by atoms with Crippen LogP contribution >= 0.6 is 0 Å². The normalized spacial score (nSPS) is 14.0. The van der Waals surface area contributed by atoms with Crippen LogP contribution in [0.1, 0.15) is 15.9 Å². The third-order valence-electron chi connectivity index (χ3n) is 5.14. The van der Waals surface area contributed by atoms with Crippen molar-refractivity contribution in [2.75, 3.05) is 26.3 Å². The van der Waals surface area contributed by atoms with Gasteiger partial charge in [-0.15, -0.1) is 11.5 Å². The van der Waals surface area contributed by atoms with Crippen molar-refractivity contribution in [3.8, 4) is 29.4 Å². The maximum Gasteiger partial charge on any atom is 0.254 e. The number of nitrogens with zero attached hydrogens (tertiary/aromatic N) is 5. The van der Waals surface area contributed by atoms with E-state index in [-0.39, 0.29) is 5.91 Å². The first-order valence-corrected chi connectivity index (χ1v) is 9.58. The zero-order valence-corrected chi connectivity index (χ0v) is 16.1. The smallest absolute Gasteiger partial charge is 0.254 e. The summed E-state index contributed by atoms with van der Waals surface area (Å²) < 4.78 is 6.97. The van der Waals surface area contributed by atoms with E-state index in [0.717, 1.165) is 22.2 Å². The molecule has 5 rings (SSSR count). The molecule has 0 spiro atoms. The molecule has 1 aliphatic heterocycles. The predicted molar refractivity (Wildman–Crippen MR) is 111 cm³/mol. The van der Waals surface area contributed by atoms with E-state index in [0.29, 0.717) is 43.3 Å². The van der Waals surface area contributed by atoms with E-state index in [4.69, 9.17) is 11.2 Å². The SMILES string of the molecule is C#Cc1ccc2c(-c3cn(-c4ccc(C(=O)N5CCOCC5)cc4)nn3)n[nH]c2c1. The van der Waals surface area contributed by atoms with Crippen LogP contribution in [0.25, 0.3) is 28.0 Å². The number of morpholine rings is 1. The Kier molecular flexibility index (Phi) is 4.50. The molecule has 0 bridgehead atoms. The van der Waals surface area contributed by atoms with Crippen LogP contribution in [0.2, 0.25) is 0 Å². The summed E-state index contributed by atoms with van der Waals surface area (Å²) in [6.45, 7) is 2.40. The second kappa shape index (κ2) is 7.46. The van der Waals surface area contributed by atoms with E-state index in [1.807, 2.05) is 36.5 Å². The van der Waals surface area contributed by atoms with Gasteiger partial charge < -0.3 is 9.64 Å². The topological polar surface area (TPSA) is 88.9 Å². The van der Waals surface area contributed by atoms with Crippen molar-refractivity contribution >= 4 is 16.8 Å². The molecule has 1 fully saturated rings. The number of ether oxygens (including phenoxy) is 1. The summed E-state index contributed by atoms with van der Waals surface area (Å²) in [5.41, 5.74) is 4.43. The standard InChI is InChI=1S/C22H18N6O2/c1-2-15-3-8-18-19(13-15)23-25-21(18)20-14-28(26-24-20)17-6-4-16(5-7-17)22(29)27-9-11-30-12-10-27/h1,3-8,13-14H,9-12H2,(H,23,25). The summed E-state index contributed by atoms with van der Waals surface area (Å²) in [7, 11) is 0. The van der Waals surface area contributed by atoms with Crippen LogP contribution in [0.4, 0.5) is 0 Å². The Morgan fingerprint density at radius 2 is 1.93 bits per heavy atom. The second-order valence-corrected chi connectivity index (χ2v) is 6.98. The van der Waals surface area contributed by atoms with Crippen molar-refractivity contribution in [1.82, 2.24) is 30.1 Å². The molecular weight excluding hydrogens is 380 g/mol. The van der Waals surface area contributed by atoms with Crippen molar-refractivity contribution in [2.45, 2.75) is 0 Å². The van der Waals surface area contributed by atoms with Gasteiger partial charge in [-0.25, -0.2) is 4.68 Å². The summed E-state index contributed by atoms with van der Waals surface area (Å²) in [4.78, 5) is 14.4. The molecule has 30 heavy (non-hydrogen) atoms. The number of carbonyl (C=O) groups is 1. The molecule has 2 aromatic carbocycles. The molecule has 8 nitrogen and oxygen atoms in total. The number of hydrogen-bond acceptors (Lipinski definition) is 5. The van der Waals surface area contributed by atoms with Crippen LogP contribution in [0, 0.1) is 12.3 Å². The lowest BCUT2D eigenvalue weighted by Crippen LogP contribution is -2.40. The van der Waals surface area contributed by atoms with Crippen LogP contribution in [0.5, 0.6) is 0 Å². The summed E-state index contributed by atoms with van der Waals surface area (Å²) in [5, 5.41) is 16.8. The van der Waals surface area contributed by atoms with Gasteiger partial charge in [0.1, 0.15) is 11.4 Å². The molecule has 0 unspecified atom stereocenters. The minimum absolute atomic E-state index is 0.0125. The molecule has 1 aliphatic rings. The number of H-pyrrole nitrogens is 1. The van der Waals surface area contributed by atoms with Crippen molar-refractivity contribution in [3.05, 3.63) is 59.8 Å². The molecule has 3 heterocycles. The molecular formula is C22H18N6O2. The van der Waals surface area contributed by atoms with E-state index in [1.54, 1.807) is 21.7 Å².